The van der Waals surface area contributed by atoms with E-state index in [1.807, 2.05) is 6.07 Å². The SMILES string of the molecule is N#Cc1ccc(N2C(=O)CCCCNCCCC2=O)cc1. The Morgan fingerprint density at radius 1 is 0.952 bits per heavy atom. The van der Waals surface area contributed by atoms with E-state index in [-0.39, 0.29) is 11.8 Å². The Balaban J connectivity index is 2.22. The van der Waals surface area contributed by atoms with Crippen LogP contribution in [0.2, 0.25) is 0 Å². The van der Waals surface area contributed by atoms with Gasteiger partial charge in [-0.1, -0.05) is 0 Å². The van der Waals surface area contributed by atoms with Crippen LogP contribution in [0.1, 0.15) is 37.7 Å². The van der Waals surface area contributed by atoms with E-state index in [1.54, 1.807) is 24.3 Å². The summed E-state index contributed by atoms with van der Waals surface area (Å²) in [6.45, 7) is 1.68. The highest BCUT2D eigenvalue weighted by atomic mass is 16.2. The number of rotatable bonds is 1. The van der Waals surface area contributed by atoms with Gasteiger partial charge in [0.15, 0.2) is 0 Å². The molecule has 5 nitrogen and oxygen atoms in total. The van der Waals surface area contributed by atoms with Gasteiger partial charge in [0.05, 0.1) is 17.3 Å². The van der Waals surface area contributed by atoms with Gasteiger partial charge in [0, 0.05) is 12.8 Å². The fraction of sp³-hybridized carbons (Fsp3) is 0.438. The summed E-state index contributed by atoms with van der Waals surface area (Å²) in [4.78, 5) is 25.9. The zero-order valence-corrected chi connectivity index (χ0v) is 12.0. The summed E-state index contributed by atoms with van der Waals surface area (Å²) in [5.74, 6) is -0.333. The number of benzene rings is 1. The zero-order chi connectivity index (χ0) is 15.1. The van der Waals surface area contributed by atoms with Crippen LogP contribution in [0.15, 0.2) is 24.3 Å². The molecule has 1 aliphatic heterocycles. The van der Waals surface area contributed by atoms with Crippen LogP contribution < -0.4 is 10.2 Å². The molecule has 0 aliphatic carbocycles. The summed E-state index contributed by atoms with van der Waals surface area (Å²) < 4.78 is 0. The second kappa shape index (κ2) is 7.55. The fourth-order valence-electron chi connectivity index (χ4n) is 2.35. The molecule has 0 atom stereocenters. The van der Waals surface area contributed by atoms with Crippen molar-refractivity contribution in [3.8, 4) is 6.07 Å². The smallest absolute Gasteiger partial charge is 0.233 e. The summed E-state index contributed by atoms with van der Waals surface area (Å²) in [5, 5.41) is 12.1. The molecular formula is C16H19N3O2. The molecule has 1 aromatic rings. The molecular weight excluding hydrogens is 266 g/mol. The van der Waals surface area contributed by atoms with Crippen LogP contribution in [0.4, 0.5) is 5.69 Å². The van der Waals surface area contributed by atoms with Gasteiger partial charge in [0.25, 0.3) is 0 Å². The normalized spacial score (nSPS) is 18.0. The number of amides is 2. The second-order valence-corrected chi connectivity index (χ2v) is 5.09. The first-order valence-corrected chi connectivity index (χ1v) is 7.29. The van der Waals surface area contributed by atoms with Gasteiger partial charge in [0.1, 0.15) is 0 Å². The molecule has 1 aromatic carbocycles. The average Bonchev–Trinajstić information content (AvgIpc) is 2.53. The summed E-state index contributed by atoms with van der Waals surface area (Å²) in [5.41, 5.74) is 1.07. The standard InChI is InChI=1S/C16H19N3O2/c17-12-13-6-8-14(9-7-13)19-15(20)4-1-2-10-18-11-3-5-16(19)21/h6-9,18H,1-5,10-11H2. The Morgan fingerprint density at radius 2 is 1.57 bits per heavy atom. The highest BCUT2D eigenvalue weighted by Gasteiger charge is 2.22. The third-order valence-electron chi connectivity index (χ3n) is 3.49. The van der Waals surface area contributed by atoms with Crippen LogP contribution in [0.5, 0.6) is 0 Å². The van der Waals surface area contributed by atoms with E-state index in [0.717, 1.165) is 32.4 Å². The minimum atomic E-state index is -0.173. The Labute approximate surface area is 124 Å². The van der Waals surface area contributed by atoms with Crippen molar-refractivity contribution in [2.24, 2.45) is 0 Å². The molecule has 0 unspecified atom stereocenters. The molecule has 0 aromatic heterocycles. The van der Waals surface area contributed by atoms with Crippen LogP contribution >= 0.6 is 0 Å². The monoisotopic (exact) mass is 285 g/mol. The first-order valence-electron chi connectivity index (χ1n) is 7.29. The number of hydrogen-bond acceptors (Lipinski definition) is 4. The van der Waals surface area contributed by atoms with Gasteiger partial charge < -0.3 is 5.32 Å². The summed E-state index contributed by atoms with van der Waals surface area (Å²) in [6, 6.07) is 8.60. The van der Waals surface area contributed by atoms with E-state index < -0.39 is 0 Å². The van der Waals surface area contributed by atoms with Crippen molar-refractivity contribution in [2.75, 3.05) is 18.0 Å². The summed E-state index contributed by atoms with van der Waals surface area (Å²) in [6.07, 6.45) is 3.14. The van der Waals surface area contributed by atoms with Crippen molar-refractivity contribution in [2.45, 2.75) is 32.1 Å². The molecule has 2 rings (SSSR count). The quantitative estimate of drug-likeness (QED) is 0.801. The summed E-state index contributed by atoms with van der Waals surface area (Å²) >= 11 is 0. The van der Waals surface area contributed by atoms with Crippen molar-refractivity contribution < 1.29 is 9.59 Å². The maximum Gasteiger partial charge on any atom is 0.233 e. The molecule has 21 heavy (non-hydrogen) atoms. The van der Waals surface area contributed by atoms with E-state index in [9.17, 15) is 9.59 Å². The lowest BCUT2D eigenvalue weighted by Gasteiger charge is -2.21. The predicted molar refractivity (Wildman–Crippen MR) is 79.6 cm³/mol. The number of nitrogens with zero attached hydrogens (tertiary/aromatic N) is 2. The van der Waals surface area contributed by atoms with E-state index in [0.29, 0.717) is 24.1 Å². The number of nitriles is 1. The molecule has 1 fully saturated rings. The molecule has 0 bridgehead atoms. The molecule has 1 N–H and O–H groups in total. The Kier molecular flexibility index (Phi) is 5.47. The first-order chi connectivity index (χ1) is 10.2. The van der Waals surface area contributed by atoms with Gasteiger partial charge in [-0.25, -0.2) is 0 Å². The van der Waals surface area contributed by atoms with Crippen LogP contribution in [0.25, 0.3) is 0 Å². The molecule has 0 radical (unpaired) electrons. The van der Waals surface area contributed by atoms with Gasteiger partial charge in [-0.05, 0) is 56.6 Å². The highest BCUT2D eigenvalue weighted by molar-refractivity contribution is 6.14. The maximum absolute atomic E-state index is 12.3. The average molecular weight is 285 g/mol. The minimum absolute atomic E-state index is 0.161. The lowest BCUT2D eigenvalue weighted by Crippen LogP contribution is -2.36. The maximum atomic E-state index is 12.3. The molecule has 110 valence electrons. The van der Waals surface area contributed by atoms with Crippen molar-refractivity contribution in [3.05, 3.63) is 29.8 Å². The van der Waals surface area contributed by atoms with Gasteiger partial charge >= 0.3 is 0 Å². The Hall–Kier alpha value is -2.19. The van der Waals surface area contributed by atoms with Crippen molar-refractivity contribution in [3.63, 3.8) is 0 Å². The molecule has 1 aliphatic rings. The topological polar surface area (TPSA) is 73.2 Å². The molecule has 1 saturated heterocycles. The first kappa shape index (κ1) is 15.2. The highest BCUT2D eigenvalue weighted by Crippen LogP contribution is 2.19. The lowest BCUT2D eigenvalue weighted by molar-refractivity contribution is -0.126. The number of imide groups is 1. The molecule has 1 heterocycles. The number of carbonyl (C=O) groups excluding carboxylic acids is 2. The van der Waals surface area contributed by atoms with Crippen LogP contribution in [-0.2, 0) is 9.59 Å². The van der Waals surface area contributed by atoms with Crippen LogP contribution in [-0.4, -0.2) is 24.9 Å². The van der Waals surface area contributed by atoms with Crippen molar-refractivity contribution >= 4 is 17.5 Å². The van der Waals surface area contributed by atoms with E-state index in [4.69, 9.17) is 5.26 Å². The van der Waals surface area contributed by atoms with Gasteiger partial charge in [0.2, 0.25) is 11.8 Å². The number of nitrogens with one attached hydrogen (secondary N) is 1. The minimum Gasteiger partial charge on any atom is -0.317 e. The molecule has 0 spiro atoms. The predicted octanol–water partition coefficient (Wildman–Crippen LogP) is 1.97. The number of carbonyl (C=O) groups is 2. The molecule has 0 saturated carbocycles. The van der Waals surface area contributed by atoms with Crippen molar-refractivity contribution in [1.29, 1.82) is 5.26 Å². The fourth-order valence-corrected chi connectivity index (χ4v) is 2.35. The molecule has 2 amide bonds. The van der Waals surface area contributed by atoms with E-state index >= 15 is 0 Å². The third kappa shape index (κ3) is 4.14. The third-order valence-corrected chi connectivity index (χ3v) is 3.49. The Bertz CT molecular complexity index is 524. The van der Waals surface area contributed by atoms with Crippen LogP contribution in [0, 0.1) is 11.3 Å². The number of anilines is 1. The molecule has 5 heteroatoms. The largest absolute Gasteiger partial charge is 0.317 e. The van der Waals surface area contributed by atoms with Crippen molar-refractivity contribution in [1.82, 2.24) is 5.32 Å². The number of hydrogen-bond donors (Lipinski definition) is 1. The van der Waals surface area contributed by atoms with Gasteiger partial charge in [-0.3, -0.25) is 14.5 Å². The van der Waals surface area contributed by atoms with Gasteiger partial charge in [-0.15, -0.1) is 0 Å². The summed E-state index contributed by atoms with van der Waals surface area (Å²) in [7, 11) is 0. The Morgan fingerprint density at radius 3 is 2.24 bits per heavy atom. The second-order valence-electron chi connectivity index (χ2n) is 5.09. The van der Waals surface area contributed by atoms with Crippen LogP contribution in [0.3, 0.4) is 0 Å². The van der Waals surface area contributed by atoms with E-state index in [2.05, 4.69) is 5.32 Å². The lowest BCUT2D eigenvalue weighted by atomic mass is 10.1. The van der Waals surface area contributed by atoms with E-state index in [1.165, 1.54) is 4.90 Å². The van der Waals surface area contributed by atoms with Gasteiger partial charge in [-0.2, -0.15) is 5.26 Å². The zero-order valence-electron chi connectivity index (χ0n) is 12.0.